The molecule has 8 nitrogen and oxygen atoms in total. The summed E-state index contributed by atoms with van der Waals surface area (Å²) in [5.41, 5.74) is 6.51. The highest BCUT2D eigenvalue weighted by Crippen LogP contribution is 2.26. The summed E-state index contributed by atoms with van der Waals surface area (Å²) in [5.74, 6) is -1.35. The first-order chi connectivity index (χ1) is 13.6. The Morgan fingerprint density at radius 2 is 1.66 bits per heavy atom. The zero-order valence-electron chi connectivity index (χ0n) is 17.6. The van der Waals surface area contributed by atoms with E-state index in [1.54, 1.807) is 4.90 Å². The molecule has 0 bridgehead atoms. The Morgan fingerprint density at radius 1 is 1.07 bits per heavy atom. The normalized spacial score (nSPS) is 15.6. The number of piperazine rings is 1. The number of amides is 2. The van der Waals surface area contributed by atoms with Gasteiger partial charge >= 0.3 is 12.1 Å². The van der Waals surface area contributed by atoms with Crippen molar-refractivity contribution >= 4 is 23.7 Å². The van der Waals surface area contributed by atoms with Crippen LogP contribution >= 0.6 is 0 Å². The van der Waals surface area contributed by atoms with E-state index in [0.29, 0.717) is 32.6 Å². The summed E-state index contributed by atoms with van der Waals surface area (Å²) < 4.78 is 10.3. The lowest BCUT2D eigenvalue weighted by Gasteiger charge is -2.36. The molecular formula is C21H31N3O5. The molecule has 0 radical (unpaired) electrons. The molecule has 1 atom stereocenters. The lowest BCUT2D eigenvalue weighted by atomic mass is 9.94. The van der Waals surface area contributed by atoms with Gasteiger partial charge in [-0.15, -0.1) is 0 Å². The number of hydrogen-bond donors (Lipinski definition) is 1. The maximum Gasteiger partial charge on any atom is 0.410 e. The second-order valence-electron chi connectivity index (χ2n) is 8.13. The van der Waals surface area contributed by atoms with Gasteiger partial charge < -0.3 is 25.0 Å². The minimum absolute atomic E-state index is 0.119. The number of carbonyl (C=O) groups excluding carboxylic acids is 3. The molecule has 1 aromatic rings. The Morgan fingerprint density at radius 3 is 2.14 bits per heavy atom. The van der Waals surface area contributed by atoms with Gasteiger partial charge in [0.05, 0.1) is 13.0 Å². The fourth-order valence-electron chi connectivity index (χ4n) is 3.24. The molecule has 1 aromatic carbocycles. The van der Waals surface area contributed by atoms with E-state index in [9.17, 15) is 14.4 Å². The summed E-state index contributed by atoms with van der Waals surface area (Å²) in [4.78, 5) is 39.2. The smallest absolute Gasteiger partial charge is 0.410 e. The largest absolute Gasteiger partial charge is 0.469 e. The topological polar surface area (TPSA) is 102 Å². The number of anilines is 1. The lowest BCUT2D eigenvalue weighted by Crippen LogP contribution is -2.50. The van der Waals surface area contributed by atoms with Gasteiger partial charge in [0.25, 0.3) is 0 Å². The molecule has 29 heavy (non-hydrogen) atoms. The third kappa shape index (κ3) is 6.66. The Hall–Kier alpha value is -2.77. The summed E-state index contributed by atoms with van der Waals surface area (Å²) in [7, 11) is 1.33. The average Bonchev–Trinajstić information content (AvgIpc) is 2.67. The minimum Gasteiger partial charge on any atom is -0.469 e. The average molecular weight is 405 g/mol. The van der Waals surface area contributed by atoms with Crippen LogP contribution in [0.4, 0.5) is 10.5 Å². The van der Waals surface area contributed by atoms with Crippen molar-refractivity contribution in [1.29, 1.82) is 0 Å². The van der Waals surface area contributed by atoms with Crippen LogP contribution in [-0.2, 0) is 19.1 Å². The molecule has 1 saturated heterocycles. The summed E-state index contributed by atoms with van der Waals surface area (Å²) in [6, 6.07) is 7.63. The molecule has 1 fully saturated rings. The van der Waals surface area contributed by atoms with Gasteiger partial charge in [0.15, 0.2) is 0 Å². The number of rotatable bonds is 6. The van der Waals surface area contributed by atoms with Crippen LogP contribution < -0.4 is 10.6 Å². The number of carbonyl (C=O) groups is 3. The first-order valence-electron chi connectivity index (χ1n) is 9.79. The number of esters is 1. The Balaban J connectivity index is 1.98. The van der Waals surface area contributed by atoms with Gasteiger partial charge in [-0.3, -0.25) is 9.59 Å². The van der Waals surface area contributed by atoms with Crippen molar-refractivity contribution in [3.8, 4) is 0 Å². The van der Waals surface area contributed by atoms with Crippen LogP contribution in [0.2, 0.25) is 0 Å². The van der Waals surface area contributed by atoms with Crippen LogP contribution in [0.5, 0.6) is 0 Å². The number of benzene rings is 1. The highest BCUT2D eigenvalue weighted by molar-refractivity contribution is 5.80. The van der Waals surface area contributed by atoms with Gasteiger partial charge in [-0.25, -0.2) is 4.79 Å². The highest BCUT2D eigenvalue weighted by atomic mass is 16.6. The minimum atomic E-state index is -0.523. The van der Waals surface area contributed by atoms with E-state index in [0.717, 1.165) is 11.3 Å². The molecule has 1 heterocycles. The van der Waals surface area contributed by atoms with E-state index in [-0.39, 0.29) is 18.5 Å². The quantitative estimate of drug-likeness (QED) is 0.729. The van der Waals surface area contributed by atoms with Gasteiger partial charge in [0.1, 0.15) is 5.60 Å². The monoisotopic (exact) mass is 405 g/mol. The van der Waals surface area contributed by atoms with E-state index in [4.69, 9.17) is 15.2 Å². The molecule has 0 aliphatic carbocycles. The summed E-state index contributed by atoms with van der Waals surface area (Å²) in [6.07, 6.45) is 0.146. The molecule has 0 saturated carbocycles. The van der Waals surface area contributed by atoms with Crippen LogP contribution in [0.15, 0.2) is 24.3 Å². The molecular weight excluding hydrogens is 374 g/mol. The third-order valence-electron chi connectivity index (χ3n) is 4.76. The van der Waals surface area contributed by atoms with Crippen molar-refractivity contribution in [1.82, 2.24) is 4.90 Å². The van der Waals surface area contributed by atoms with Crippen LogP contribution in [0.25, 0.3) is 0 Å². The fraction of sp³-hybridized carbons (Fsp3) is 0.571. The van der Waals surface area contributed by atoms with Gasteiger partial charge in [-0.05, 0) is 44.9 Å². The molecule has 2 N–H and O–H groups in total. The van der Waals surface area contributed by atoms with Crippen LogP contribution in [0.1, 0.15) is 45.1 Å². The molecule has 8 heteroatoms. The number of hydrogen-bond acceptors (Lipinski definition) is 6. The van der Waals surface area contributed by atoms with E-state index in [1.165, 1.54) is 7.11 Å². The molecule has 1 aliphatic heterocycles. The second kappa shape index (κ2) is 9.62. The predicted molar refractivity (Wildman–Crippen MR) is 110 cm³/mol. The van der Waals surface area contributed by atoms with Crippen molar-refractivity contribution in [2.45, 2.75) is 45.1 Å². The fourth-order valence-corrected chi connectivity index (χ4v) is 3.24. The van der Waals surface area contributed by atoms with Crippen LogP contribution in [0.3, 0.4) is 0 Å². The predicted octanol–water partition coefficient (Wildman–Crippen LogP) is 2.27. The summed E-state index contributed by atoms with van der Waals surface area (Å²) in [6.45, 7) is 8.12. The summed E-state index contributed by atoms with van der Waals surface area (Å²) >= 11 is 0. The van der Waals surface area contributed by atoms with Crippen molar-refractivity contribution in [3.05, 3.63) is 29.8 Å². The van der Waals surface area contributed by atoms with E-state index >= 15 is 0 Å². The summed E-state index contributed by atoms with van der Waals surface area (Å²) in [5, 5.41) is 0. The molecule has 2 rings (SSSR count). The highest BCUT2D eigenvalue weighted by Gasteiger charge is 2.26. The molecule has 1 aliphatic rings. The Bertz CT molecular complexity index is 719. The number of ether oxygens (including phenoxy) is 2. The van der Waals surface area contributed by atoms with Gasteiger partial charge in [0, 0.05) is 38.3 Å². The van der Waals surface area contributed by atoms with E-state index in [2.05, 4.69) is 4.90 Å². The first kappa shape index (κ1) is 22.5. The zero-order chi connectivity index (χ0) is 21.6. The third-order valence-corrected chi connectivity index (χ3v) is 4.76. The maximum atomic E-state index is 12.2. The van der Waals surface area contributed by atoms with Gasteiger partial charge in [-0.1, -0.05) is 12.1 Å². The zero-order valence-corrected chi connectivity index (χ0v) is 17.6. The van der Waals surface area contributed by atoms with Crippen molar-refractivity contribution in [3.63, 3.8) is 0 Å². The van der Waals surface area contributed by atoms with Crippen LogP contribution in [0, 0.1) is 0 Å². The van der Waals surface area contributed by atoms with Crippen molar-refractivity contribution < 1.29 is 23.9 Å². The molecule has 2 amide bonds. The number of nitrogens with two attached hydrogens (primary N) is 1. The Kier molecular flexibility index (Phi) is 7.47. The van der Waals surface area contributed by atoms with Gasteiger partial charge in [-0.2, -0.15) is 0 Å². The number of methoxy groups -OCH3 is 1. The van der Waals surface area contributed by atoms with Gasteiger partial charge in [0.2, 0.25) is 5.91 Å². The molecule has 1 unspecified atom stereocenters. The first-order valence-corrected chi connectivity index (χ1v) is 9.79. The standard InChI is InChI=1S/C21H31N3O5/c1-21(2,3)29-20(27)24-13-11-23(12-14-24)16-7-5-15(6-8-16)17(19(26)28-4)9-10-18(22)25/h5-8,17H,9-14H2,1-4H3,(H2,22,25). The molecule has 160 valence electrons. The number of primary amides is 1. The molecule has 0 spiro atoms. The number of nitrogens with zero attached hydrogens (tertiary/aromatic N) is 2. The SMILES string of the molecule is COC(=O)C(CCC(N)=O)c1ccc(N2CCN(C(=O)OC(C)(C)C)CC2)cc1. The lowest BCUT2D eigenvalue weighted by molar-refractivity contribution is -0.142. The van der Waals surface area contributed by atoms with E-state index in [1.807, 2.05) is 45.0 Å². The molecule has 0 aromatic heterocycles. The van der Waals surface area contributed by atoms with Crippen molar-refractivity contribution in [2.24, 2.45) is 5.73 Å². The van der Waals surface area contributed by atoms with Crippen LogP contribution in [-0.4, -0.2) is 61.8 Å². The van der Waals surface area contributed by atoms with Crippen molar-refractivity contribution in [2.75, 3.05) is 38.2 Å². The van der Waals surface area contributed by atoms with E-state index < -0.39 is 17.4 Å². The second-order valence-corrected chi connectivity index (χ2v) is 8.13. The maximum absolute atomic E-state index is 12.2. The Labute approximate surface area is 171 Å².